The highest BCUT2D eigenvalue weighted by molar-refractivity contribution is 5.97. The Bertz CT molecular complexity index is 767. The number of methoxy groups -OCH3 is 1. The molecule has 0 saturated carbocycles. The van der Waals surface area contributed by atoms with E-state index in [4.69, 9.17) is 4.74 Å². The molecule has 0 unspecified atom stereocenters. The zero-order valence-corrected chi connectivity index (χ0v) is 10.9. The molecule has 0 radical (unpaired) electrons. The molecule has 0 spiro atoms. The van der Waals surface area contributed by atoms with E-state index in [-0.39, 0.29) is 0 Å². The van der Waals surface area contributed by atoms with Crippen LogP contribution in [0.5, 0.6) is 5.88 Å². The summed E-state index contributed by atoms with van der Waals surface area (Å²) < 4.78 is 5.06. The van der Waals surface area contributed by atoms with Crippen LogP contribution in [-0.2, 0) is 0 Å². The average molecular weight is 264 g/mol. The SMILES string of the molecule is COc1ccc(-c2ccnc3ccc(C=O)cc23)cn1. The van der Waals surface area contributed by atoms with E-state index in [0.29, 0.717) is 11.4 Å². The van der Waals surface area contributed by atoms with Crippen LogP contribution in [0.3, 0.4) is 0 Å². The minimum Gasteiger partial charge on any atom is -0.481 e. The maximum absolute atomic E-state index is 10.9. The first-order chi connectivity index (χ1) is 9.81. The first-order valence-electron chi connectivity index (χ1n) is 6.16. The molecule has 0 bridgehead atoms. The molecule has 20 heavy (non-hydrogen) atoms. The predicted molar refractivity (Wildman–Crippen MR) is 76.9 cm³/mol. The number of nitrogens with zero attached hydrogens (tertiary/aromatic N) is 2. The lowest BCUT2D eigenvalue weighted by Gasteiger charge is -2.07. The van der Waals surface area contributed by atoms with Crippen molar-refractivity contribution in [2.24, 2.45) is 0 Å². The Morgan fingerprint density at radius 2 is 2.00 bits per heavy atom. The zero-order valence-electron chi connectivity index (χ0n) is 10.9. The summed E-state index contributed by atoms with van der Waals surface area (Å²) >= 11 is 0. The minimum atomic E-state index is 0.570. The normalized spacial score (nSPS) is 10.4. The van der Waals surface area contributed by atoms with Gasteiger partial charge in [-0.1, -0.05) is 0 Å². The molecule has 1 aromatic carbocycles. The van der Waals surface area contributed by atoms with E-state index in [1.54, 1.807) is 25.6 Å². The Hall–Kier alpha value is -2.75. The van der Waals surface area contributed by atoms with Gasteiger partial charge in [-0.15, -0.1) is 0 Å². The van der Waals surface area contributed by atoms with Gasteiger partial charge in [0.1, 0.15) is 6.29 Å². The summed E-state index contributed by atoms with van der Waals surface area (Å²) in [5.41, 5.74) is 3.44. The van der Waals surface area contributed by atoms with Crippen molar-refractivity contribution in [2.75, 3.05) is 7.11 Å². The fourth-order valence-corrected chi connectivity index (χ4v) is 2.15. The van der Waals surface area contributed by atoms with Gasteiger partial charge in [-0.05, 0) is 35.9 Å². The molecule has 0 aliphatic rings. The Morgan fingerprint density at radius 1 is 1.10 bits per heavy atom. The molecular weight excluding hydrogens is 252 g/mol. The van der Waals surface area contributed by atoms with Crippen LogP contribution >= 0.6 is 0 Å². The molecule has 0 fully saturated rings. The van der Waals surface area contributed by atoms with E-state index in [2.05, 4.69) is 9.97 Å². The molecule has 0 aliphatic heterocycles. The van der Waals surface area contributed by atoms with Gasteiger partial charge >= 0.3 is 0 Å². The van der Waals surface area contributed by atoms with Crippen molar-refractivity contribution in [3.05, 3.63) is 54.4 Å². The number of pyridine rings is 2. The number of carbonyl (C=O) groups is 1. The fourth-order valence-electron chi connectivity index (χ4n) is 2.15. The second-order valence-electron chi connectivity index (χ2n) is 4.34. The zero-order chi connectivity index (χ0) is 13.9. The maximum Gasteiger partial charge on any atom is 0.212 e. The van der Waals surface area contributed by atoms with Crippen molar-refractivity contribution >= 4 is 17.2 Å². The summed E-state index contributed by atoms with van der Waals surface area (Å²) in [7, 11) is 1.58. The second-order valence-corrected chi connectivity index (χ2v) is 4.34. The number of ether oxygens (including phenoxy) is 1. The number of benzene rings is 1. The molecule has 3 aromatic rings. The second kappa shape index (κ2) is 5.09. The van der Waals surface area contributed by atoms with Crippen molar-refractivity contribution in [1.82, 2.24) is 9.97 Å². The topological polar surface area (TPSA) is 52.1 Å². The van der Waals surface area contributed by atoms with Crippen molar-refractivity contribution in [1.29, 1.82) is 0 Å². The van der Waals surface area contributed by atoms with Crippen molar-refractivity contribution in [2.45, 2.75) is 0 Å². The Morgan fingerprint density at radius 3 is 2.70 bits per heavy atom. The van der Waals surface area contributed by atoms with Gasteiger partial charge in [-0.25, -0.2) is 4.98 Å². The van der Waals surface area contributed by atoms with Crippen molar-refractivity contribution in [3.8, 4) is 17.0 Å². The number of aromatic nitrogens is 2. The lowest BCUT2D eigenvalue weighted by atomic mass is 10.0. The fraction of sp³-hybridized carbons (Fsp3) is 0.0625. The van der Waals surface area contributed by atoms with Gasteiger partial charge < -0.3 is 4.74 Å². The maximum atomic E-state index is 10.9. The number of hydrogen-bond donors (Lipinski definition) is 0. The van der Waals surface area contributed by atoms with Crippen LogP contribution in [-0.4, -0.2) is 23.4 Å². The summed E-state index contributed by atoms with van der Waals surface area (Å²) in [6, 6.07) is 11.1. The van der Waals surface area contributed by atoms with Gasteiger partial charge in [0.2, 0.25) is 5.88 Å². The van der Waals surface area contributed by atoms with E-state index in [1.807, 2.05) is 30.3 Å². The summed E-state index contributed by atoms with van der Waals surface area (Å²) in [6.07, 6.45) is 4.34. The molecule has 0 N–H and O–H groups in total. The summed E-state index contributed by atoms with van der Waals surface area (Å²) in [6.45, 7) is 0. The number of hydrogen-bond acceptors (Lipinski definition) is 4. The van der Waals surface area contributed by atoms with Gasteiger partial charge in [0.25, 0.3) is 0 Å². The van der Waals surface area contributed by atoms with Crippen LogP contribution in [0.15, 0.2) is 48.8 Å². The molecule has 2 aromatic heterocycles. The van der Waals surface area contributed by atoms with E-state index in [0.717, 1.165) is 28.3 Å². The van der Waals surface area contributed by atoms with Gasteiger partial charge in [0.05, 0.1) is 12.6 Å². The predicted octanol–water partition coefficient (Wildman–Crippen LogP) is 3.12. The van der Waals surface area contributed by atoms with Crippen LogP contribution < -0.4 is 4.74 Å². The number of fused-ring (bicyclic) bond motifs is 1. The van der Waals surface area contributed by atoms with Gasteiger partial charge in [0, 0.05) is 35.0 Å². The summed E-state index contributed by atoms with van der Waals surface area (Å²) in [5, 5.41) is 0.934. The van der Waals surface area contributed by atoms with E-state index < -0.39 is 0 Å². The molecule has 0 saturated heterocycles. The molecule has 0 aliphatic carbocycles. The molecule has 0 amide bonds. The third kappa shape index (κ3) is 2.12. The monoisotopic (exact) mass is 264 g/mol. The van der Waals surface area contributed by atoms with Crippen LogP contribution in [0.4, 0.5) is 0 Å². The average Bonchev–Trinajstić information content (AvgIpc) is 2.54. The van der Waals surface area contributed by atoms with Gasteiger partial charge in [-0.2, -0.15) is 0 Å². The first-order valence-corrected chi connectivity index (χ1v) is 6.16. The number of aldehydes is 1. The van der Waals surface area contributed by atoms with Crippen LogP contribution in [0.1, 0.15) is 10.4 Å². The van der Waals surface area contributed by atoms with E-state index in [9.17, 15) is 4.79 Å². The molecule has 3 rings (SSSR count). The van der Waals surface area contributed by atoms with Crippen LogP contribution in [0.2, 0.25) is 0 Å². The molecular formula is C16H12N2O2. The minimum absolute atomic E-state index is 0.570. The number of rotatable bonds is 3. The Labute approximate surface area is 116 Å². The highest BCUT2D eigenvalue weighted by Crippen LogP contribution is 2.28. The third-order valence-electron chi connectivity index (χ3n) is 3.16. The third-order valence-corrected chi connectivity index (χ3v) is 3.16. The van der Waals surface area contributed by atoms with Crippen molar-refractivity contribution in [3.63, 3.8) is 0 Å². The molecule has 2 heterocycles. The Kier molecular flexibility index (Phi) is 3.13. The van der Waals surface area contributed by atoms with Gasteiger partial charge in [0.15, 0.2) is 0 Å². The lowest BCUT2D eigenvalue weighted by molar-refractivity contribution is 0.112. The Balaban J connectivity index is 2.20. The quantitative estimate of drug-likeness (QED) is 0.682. The first kappa shape index (κ1) is 12.3. The summed E-state index contributed by atoms with van der Waals surface area (Å²) in [5.74, 6) is 0.570. The molecule has 98 valence electrons. The highest BCUT2D eigenvalue weighted by Gasteiger charge is 2.06. The van der Waals surface area contributed by atoms with E-state index >= 15 is 0 Å². The van der Waals surface area contributed by atoms with Crippen LogP contribution in [0.25, 0.3) is 22.0 Å². The largest absolute Gasteiger partial charge is 0.481 e. The standard InChI is InChI=1S/C16H12N2O2/c1-20-16-5-3-12(9-18-16)13-6-7-17-15-4-2-11(10-19)8-14(13)15/h2-10H,1H3. The summed E-state index contributed by atoms with van der Waals surface area (Å²) in [4.78, 5) is 19.5. The van der Waals surface area contributed by atoms with E-state index in [1.165, 1.54) is 0 Å². The smallest absolute Gasteiger partial charge is 0.212 e. The number of carbonyl (C=O) groups excluding carboxylic acids is 1. The highest BCUT2D eigenvalue weighted by atomic mass is 16.5. The molecule has 0 atom stereocenters. The molecule has 4 nitrogen and oxygen atoms in total. The molecule has 4 heteroatoms. The lowest BCUT2D eigenvalue weighted by Crippen LogP contribution is -1.90. The van der Waals surface area contributed by atoms with Crippen LogP contribution in [0, 0.1) is 0 Å². The van der Waals surface area contributed by atoms with Crippen molar-refractivity contribution < 1.29 is 9.53 Å². The van der Waals surface area contributed by atoms with Gasteiger partial charge in [-0.3, -0.25) is 9.78 Å².